The molecule has 0 saturated heterocycles. The molecule has 2 aromatic rings. The minimum atomic E-state index is -3.81. The predicted octanol–water partition coefficient (Wildman–Crippen LogP) is 2.84. The SMILES string of the molecule is CNS(=O)(=O)c1scc(NC(=Nc2cccc(Cl)c2Cl)NC#N)c1O. The van der Waals surface area contributed by atoms with Gasteiger partial charge in [-0.2, -0.15) is 5.26 Å². The molecule has 0 aliphatic carbocycles. The first-order chi connectivity index (χ1) is 11.8. The van der Waals surface area contributed by atoms with Crippen LogP contribution in [0.1, 0.15) is 0 Å². The van der Waals surface area contributed by atoms with Gasteiger partial charge in [0.15, 0.2) is 16.2 Å². The van der Waals surface area contributed by atoms with E-state index < -0.39 is 15.8 Å². The van der Waals surface area contributed by atoms with Gasteiger partial charge in [-0.1, -0.05) is 29.3 Å². The highest BCUT2D eigenvalue weighted by molar-refractivity contribution is 7.91. The largest absolute Gasteiger partial charge is 0.504 e. The Hall–Kier alpha value is -2.03. The number of sulfonamides is 1. The molecular weight excluding hydrogens is 409 g/mol. The molecule has 4 N–H and O–H groups in total. The van der Waals surface area contributed by atoms with Gasteiger partial charge in [0.25, 0.3) is 10.0 Å². The molecule has 0 atom stereocenters. The molecule has 12 heteroatoms. The molecule has 8 nitrogen and oxygen atoms in total. The van der Waals surface area contributed by atoms with E-state index in [1.54, 1.807) is 24.4 Å². The van der Waals surface area contributed by atoms with E-state index in [4.69, 9.17) is 28.5 Å². The second kappa shape index (κ2) is 7.90. The summed E-state index contributed by atoms with van der Waals surface area (Å²) in [7, 11) is -2.58. The Morgan fingerprint density at radius 1 is 1.40 bits per heavy atom. The Kier molecular flexibility index (Phi) is 6.10. The van der Waals surface area contributed by atoms with Crippen molar-refractivity contribution in [3.63, 3.8) is 0 Å². The summed E-state index contributed by atoms with van der Waals surface area (Å²) < 4.78 is 25.4. The third-order valence-corrected chi connectivity index (χ3v) is 6.57. The molecule has 0 saturated carbocycles. The number of nitriles is 1. The van der Waals surface area contributed by atoms with Gasteiger partial charge >= 0.3 is 0 Å². The maximum atomic E-state index is 11.8. The van der Waals surface area contributed by atoms with E-state index in [1.165, 1.54) is 12.4 Å². The lowest BCUT2D eigenvalue weighted by atomic mass is 10.3. The second-order valence-electron chi connectivity index (χ2n) is 4.39. The van der Waals surface area contributed by atoms with Crippen LogP contribution in [0.4, 0.5) is 11.4 Å². The minimum absolute atomic E-state index is 0.0541. The quantitative estimate of drug-likeness (QED) is 0.261. The standard InChI is InChI=1S/C13H11Cl2N5O3S2/c1-17-25(22,23)12-11(21)9(5-24-12)20-13(18-6-16)19-8-4-2-3-7(14)10(8)15/h2-5,17,21H,1H3,(H2,18,19,20). The van der Waals surface area contributed by atoms with Crippen LogP contribution < -0.4 is 15.4 Å². The highest BCUT2D eigenvalue weighted by atomic mass is 35.5. The lowest BCUT2D eigenvalue weighted by Gasteiger charge is -2.08. The van der Waals surface area contributed by atoms with Crippen LogP contribution in [-0.2, 0) is 10.0 Å². The first-order valence-electron chi connectivity index (χ1n) is 6.49. The molecule has 1 heterocycles. The number of aromatic hydroxyl groups is 1. The van der Waals surface area contributed by atoms with Gasteiger partial charge in [-0.3, -0.25) is 5.32 Å². The number of anilines is 1. The molecule has 0 unspecified atom stereocenters. The van der Waals surface area contributed by atoms with E-state index in [9.17, 15) is 13.5 Å². The molecule has 0 fully saturated rings. The van der Waals surface area contributed by atoms with Crippen molar-refractivity contribution in [2.24, 2.45) is 4.99 Å². The molecular formula is C13H11Cl2N5O3S2. The van der Waals surface area contributed by atoms with E-state index in [2.05, 4.69) is 20.3 Å². The fourth-order valence-electron chi connectivity index (χ4n) is 1.67. The predicted molar refractivity (Wildman–Crippen MR) is 98.2 cm³/mol. The average molecular weight is 420 g/mol. The van der Waals surface area contributed by atoms with Crippen LogP contribution in [0.5, 0.6) is 5.75 Å². The summed E-state index contributed by atoms with van der Waals surface area (Å²) in [5.74, 6) is -0.572. The number of guanidine groups is 1. The number of aliphatic imine (C=N–C) groups is 1. The van der Waals surface area contributed by atoms with Gasteiger partial charge in [0.1, 0.15) is 0 Å². The number of nitrogens with one attached hydrogen (secondary N) is 3. The van der Waals surface area contributed by atoms with Gasteiger partial charge in [0.05, 0.1) is 21.4 Å². The maximum Gasteiger partial charge on any atom is 0.253 e. The Bertz CT molecular complexity index is 967. The van der Waals surface area contributed by atoms with E-state index >= 15 is 0 Å². The topological polar surface area (TPSA) is 127 Å². The van der Waals surface area contributed by atoms with Gasteiger partial charge in [0, 0.05) is 5.38 Å². The Labute approximate surface area is 157 Å². The molecule has 1 aromatic carbocycles. The van der Waals surface area contributed by atoms with Crippen molar-refractivity contribution in [1.82, 2.24) is 10.0 Å². The highest BCUT2D eigenvalue weighted by Gasteiger charge is 2.22. The molecule has 132 valence electrons. The first-order valence-corrected chi connectivity index (χ1v) is 9.61. The van der Waals surface area contributed by atoms with E-state index in [0.29, 0.717) is 0 Å². The second-order valence-corrected chi connectivity index (χ2v) is 8.13. The summed E-state index contributed by atoms with van der Waals surface area (Å²) >= 11 is 12.8. The smallest absolute Gasteiger partial charge is 0.253 e. The van der Waals surface area contributed by atoms with Crippen molar-refractivity contribution in [3.8, 4) is 11.9 Å². The lowest BCUT2D eigenvalue weighted by molar-refractivity contribution is 0.466. The number of rotatable bonds is 4. The Morgan fingerprint density at radius 2 is 2.12 bits per heavy atom. The van der Waals surface area contributed by atoms with E-state index in [0.717, 1.165) is 11.3 Å². The van der Waals surface area contributed by atoms with Gasteiger partial charge in [-0.05, 0) is 19.2 Å². The van der Waals surface area contributed by atoms with Crippen LogP contribution in [0.3, 0.4) is 0 Å². The van der Waals surface area contributed by atoms with Crippen molar-refractivity contribution in [1.29, 1.82) is 5.26 Å². The van der Waals surface area contributed by atoms with Gasteiger partial charge in [-0.15, -0.1) is 11.3 Å². The van der Waals surface area contributed by atoms with Crippen LogP contribution in [0.2, 0.25) is 10.0 Å². The number of hydrogen-bond acceptors (Lipinski definition) is 6. The van der Waals surface area contributed by atoms with Crippen LogP contribution in [0.15, 0.2) is 32.8 Å². The molecule has 0 bridgehead atoms. The molecule has 0 amide bonds. The van der Waals surface area contributed by atoms with Crippen molar-refractivity contribution in [3.05, 3.63) is 33.6 Å². The molecule has 0 radical (unpaired) electrons. The molecule has 0 spiro atoms. The van der Waals surface area contributed by atoms with Crippen molar-refractivity contribution in [2.75, 3.05) is 12.4 Å². The lowest BCUT2D eigenvalue weighted by Crippen LogP contribution is -2.26. The normalized spacial score (nSPS) is 11.8. The molecule has 1 aromatic heterocycles. The van der Waals surface area contributed by atoms with Gasteiger partial charge < -0.3 is 10.4 Å². The van der Waals surface area contributed by atoms with Crippen molar-refractivity contribution in [2.45, 2.75) is 4.21 Å². The van der Waals surface area contributed by atoms with Crippen LogP contribution in [0.25, 0.3) is 0 Å². The summed E-state index contributed by atoms with van der Waals surface area (Å²) in [6, 6.07) is 4.77. The van der Waals surface area contributed by atoms with Crippen LogP contribution >= 0.6 is 34.5 Å². The average Bonchev–Trinajstić information content (AvgIpc) is 2.93. The zero-order valence-corrected chi connectivity index (χ0v) is 15.7. The van der Waals surface area contributed by atoms with E-state index in [1.807, 2.05) is 0 Å². The van der Waals surface area contributed by atoms with Gasteiger partial charge in [-0.25, -0.2) is 18.1 Å². The summed E-state index contributed by atoms with van der Waals surface area (Å²) in [5.41, 5.74) is 0.329. The number of halogens is 2. The molecule has 0 aliphatic heterocycles. The zero-order chi connectivity index (χ0) is 18.6. The number of benzene rings is 1. The number of hydrogen-bond donors (Lipinski definition) is 4. The summed E-state index contributed by atoms with van der Waals surface area (Å²) in [4.78, 5) is 4.12. The van der Waals surface area contributed by atoms with Crippen LogP contribution in [-0.4, -0.2) is 26.5 Å². The molecule has 2 rings (SSSR count). The highest BCUT2D eigenvalue weighted by Crippen LogP contribution is 2.37. The van der Waals surface area contributed by atoms with Crippen molar-refractivity contribution >= 4 is 61.9 Å². The number of thiophene rings is 1. The molecule has 25 heavy (non-hydrogen) atoms. The van der Waals surface area contributed by atoms with Crippen molar-refractivity contribution < 1.29 is 13.5 Å². The first kappa shape index (κ1) is 19.3. The minimum Gasteiger partial charge on any atom is -0.504 e. The Morgan fingerprint density at radius 3 is 2.76 bits per heavy atom. The fraction of sp³-hybridized carbons (Fsp3) is 0.0769. The monoisotopic (exact) mass is 419 g/mol. The van der Waals surface area contributed by atoms with Crippen LogP contribution in [0, 0.1) is 11.5 Å². The third-order valence-electron chi connectivity index (χ3n) is 2.84. The summed E-state index contributed by atoms with van der Waals surface area (Å²) in [6.07, 6.45) is 1.68. The fourth-order valence-corrected chi connectivity index (χ4v) is 4.08. The molecule has 0 aliphatic rings. The summed E-state index contributed by atoms with van der Waals surface area (Å²) in [5, 5.41) is 25.7. The maximum absolute atomic E-state index is 11.8. The number of nitrogens with zero attached hydrogens (tertiary/aromatic N) is 2. The zero-order valence-electron chi connectivity index (χ0n) is 12.5. The Balaban J connectivity index is 2.40. The summed E-state index contributed by atoms with van der Waals surface area (Å²) in [6.45, 7) is 0. The van der Waals surface area contributed by atoms with E-state index in [-0.39, 0.29) is 31.6 Å². The van der Waals surface area contributed by atoms with Gasteiger partial charge in [0.2, 0.25) is 5.96 Å². The third kappa shape index (κ3) is 4.33.